The molecule has 112 valence electrons. The summed E-state index contributed by atoms with van der Waals surface area (Å²) in [6, 6.07) is 8.80. The summed E-state index contributed by atoms with van der Waals surface area (Å²) >= 11 is 0. The van der Waals surface area contributed by atoms with Gasteiger partial charge in [0.2, 0.25) is 0 Å². The number of piperidine rings is 1. The van der Waals surface area contributed by atoms with Crippen LogP contribution in [0.2, 0.25) is 0 Å². The van der Waals surface area contributed by atoms with E-state index in [0.717, 1.165) is 38.4 Å². The molecule has 1 aromatic rings. The first-order valence-electron chi connectivity index (χ1n) is 7.66. The van der Waals surface area contributed by atoms with Crippen molar-refractivity contribution >= 4 is 0 Å². The second kappa shape index (κ2) is 6.59. The molecule has 1 aliphatic heterocycles. The molecule has 0 aliphatic carbocycles. The second-order valence-corrected chi connectivity index (χ2v) is 6.83. The van der Waals surface area contributed by atoms with Gasteiger partial charge >= 0.3 is 0 Å². The fourth-order valence-corrected chi connectivity index (χ4v) is 2.64. The average Bonchev–Trinajstić information content (AvgIpc) is 2.38. The third-order valence-corrected chi connectivity index (χ3v) is 3.94. The molecular formula is C17H28N2O. The molecule has 1 saturated heterocycles. The van der Waals surface area contributed by atoms with Crippen molar-refractivity contribution in [1.29, 1.82) is 0 Å². The molecule has 0 aromatic heterocycles. The number of rotatable bonds is 4. The first kappa shape index (κ1) is 15.3. The van der Waals surface area contributed by atoms with E-state index < -0.39 is 0 Å². The summed E-state index contributed by atoms with van der Waals surface area (Å²) in [5, 5.41) is 0. The largest absolute Gasteiger partial charge is 0.492 e. The highest BCUT2D eigenvalue weighted by Gasteiger charge is 2.16. The van der Waals surface area contributed by atoms with Crippen molar-refractivity contribution in [3.63, 3.8) is 0 Å². The number of benzene rings is 1. The predicted molar refractivity (Wildman–Crippen MR) is 84.3 cm³/mol. The number of ether oxygens (including phenoxy) is 1. The van der Waals surface area contributed by atoms with Crippen LogP contribution in [0.3, 0.4) is 0 Å². The highest BCUT2D eigenvalue weighted by Crippen LogP contribution is 2.24. The molecule has 2 N–H and O–H groups in total. The number of hydrogen-bond donors (Lipinski definition) is 1. The summed E-state index contributed by atoms with van der Waals surface area (Å²) in [5.74, 6) is 0.958. The maximum Gasteiger partial charge on any atom is 0.119 e. The Morgan fingerprint density at radius 1 is 1.25 bits per heavy atom. The lowest BCUT2D eigenvalue weighted by Crippen LogP contribution is -2.44. The summed E-state index contributed by atoms with van der Waals surface area (Å²) in [6.45, 7) is 10.5. The van der Waals surface area contributed by atoms with Gasteiger partial charge in [0, 0.05) is 19.1 Å². The van der Waals surface area contributed by atoms with Crippen molar-refractivity contribution in [3.05, 3.63) is 29.8 Å². The minimum Gasteiger partial charge on any atom is -0.492 e. The molecule has 20 heavy (non-hydrogen) atoms. The van der Waals surface area contributed by atoms with Gasteiger partial charge in [-0.2, -0.15) is 0 Å². The van der Waals surface area contributed by atoms with Crippen LogP contribution in [0.5, 0.6) is 5.75 Å². The lowest BCUT2D eigenvalue weighted by molar-refractivity contribution is 0.171. The molecule has 0 unspecified atom stereocenters. The van der Waals surface area contributed by atoms with Crippen LogP contribution in [0.25, 0.3) is 0 Å². The zero-order valence-electron chi connectivity index (χ0n) is 13.1. The fraction of sp³-hybridized carbons (Fsp3) is 0.647. The van der Waals surface area contributed by atoms with Crippen molar-refractivity contribution in [1.82, 2.24) is 4.90 Å². The highest BCUT2D eigenvalue weighted by atomic mass is 16.5. The number of nitrogens with zero attached hydrogens (tertiary/aromatic N) is 1. The van der Waals surface area contributed by atoms with E-state index in [1.54, 1.807) is 0 Å². The topological polar surface area (TPSA) is 38.5 Å². The van der Waals surface area contributed by atoms with E-state index >= 15 is 0 Å². The van der Waals surface area contributed by atoms with Gasteiger partial charge in [0.05, 0.1) is 0 Å². The zero-order valence-corrected chi connectivity index (χ0v) is 13.1. The summed E-state index contributed by atoms with van der Waals surface area (Å²) in [4.78, 5) is 2.40. The maximum atomic E-state index is 5.98. The quantitative estimate of drug-likeness (QED) is 0.919. The molecule has 1 aromatic carbocycles. The maximum absolute atomic E-state index is 5.98. The molecule has 1 fully saturated rings. The van der Waals surface area contributed by atoms with Crippen LogP contribution >= 0.6 is 0 Å². The van der Waals surface area contributed by atoms with Crippen molar-refractivity contribution in [2.24, 2.45) is 5.73 Å². The Morgan fingerprint density at radius 3 is 2.55 bits per heavy atom. The van der Waals surface area contributed by atoms with E-state index in [4.69, 9.17) is 10.5 Å². The normalized spacial score (nSPS) is 20.9. The van der Waals surface area contributed by atoms with E-state index in [1.807, 2.05) is 0 Å². The number of likely N-dealkylation sites (tertiary alicyclic amines) is 1. The monoisotopic (exact) mass is 276 g/mol. The summed E-state index contributed by atoms with van der Waals surface area (Å²) < 4.78 is 5.83. The van der Waals surface area contributed by atoms with Crippen LogP contribution in [0, 0.1) is 0 Å². The second-order valence-electron chi connectivity index (χ2n) is 6.83. The lowest BCUT2D eigenvalue weighted by atomic mass is 9.87. The Balaban J connectivity index is 1.77. The van der Waals surface area contributed by atoms with Gasteiger partial charge in [-0.15, -0.1) is 0 Å². The molecule has 0 amide bonds. The third kappa shape index (κ3) is 4.50. The fourth-order valence-electron chi connectivity index (χ4n) is 2.64. The van der Waals surface area contributed by atoms with Crippen molar-refractivity contribution in [2.75, 3.05) is 26.2 Å². The van der Waals surface area contributed by atoms with E-state index in [2.05, 4.69) is 49.9 Å². The van der Waals surface area contributed by atoms with Crippen LogP contribution in [0.4, 0.5) is 0 Å². The Labute approximate surface area is 123 Å². The van der Waals surface area contributed by atoms with Crippen LogP contribution in [-0.2, 0) is 5.41 Å². The Kier molecular flexibility index (Phi) is 5.06. The van der Waals surface area contributed by atoms with E-state index in [9.17, 15) is 0 Å². The van der Waals surface area contributed by atoms with E-state index in [1.165, 1.54) is 12.0 Å². The molecule has 0 spiro atoms. The first-order valence-corrected chi connectivity index (χ1v) is 7.66. The van der Waals surface area contributed by atoms with Crippen molar-refractivity contribution < 1.29 is 4.74 Å². The summed E-state index contributed by atoms with van der Waals surface area (Å²) in [7, 11) is 0. The minimum absolute atomic E-state index is 0.197. The Hall–Kier alpha value is -1.06. The van der Waals surface area contributed by atoms with Crippen LogP contribution in [-0.4, -0.2) is 37.2 Å². The Morgan fingerprint density at radius 2 is 1.95 bits per heavy atom. The van der Waals surface area contributed by atoms with Crippen molar-refractivity contribution in [2.45, 2.75) is 45.1 Å². The number of hydrogen-bond acceptors (Lipinski definition) is 3. The standard InChI is InChI=1S/C17H28N2O/c1-17(2,3)14-6-8-16(9-7-14)20-12-11-19-10-4-5-15(18)13-19/h6-9,15H,4-5,10-13,18H2,1-3H3/t15-/m1/s1. The molecule has 0 radical (unpaired) electrons. The van der Waals surface area contributed by atoms with Gasteiger partial charge in [-0.25, -0.2) is 0 Å². The van der Waals surface area contributed by atoms with Gasteiger partial charge in [0.15, 0.2) is 0 Å². The molecule has 1 aliphatic rings. The Bertz CT molecular complexity index is 408. The third-order valence-electron chi connectivity index (χ3n) is 3.94. The SMILES string of the molecule is CC(C)(C)c1ccc(OCCN2CCC[C@@H](N)C2)cc1. The zero-order chi connectivity index (χ0) is 14.6. The van der Waals surface area contributed by atoms with Gasteiger partial charge in [0.1, 0.15) is 12.4 Å². The first-order chi connectivity index (χ1) is 9.45. The van der Waals surface area contributed by atoms with Gasteiger partial charge in [0.25, 0.3) is 0 Å². The molecule has 0 saturated carbocycles. The minimum atomic E-state index is 0.197. The summed E-state index contributed by atoms with van der Waals surface area (Å²) in [6.07, 6.45) is 2.37. The van der Waals surface area contributed by atoms with Gasteiger partial charge < -0.3 is 10.5 Å². The van der Waals surface area contributed by atoms with Crippen LogP contribution in [0.1, 0.15) is 39.2 Å². The van der Waals surface area contributed by atoms with Gasteiger partial charge in [-0.05, 0) is 42.5 Å². The van der Waals surface area contributed by atoms with Gasteiger partial charge in [-0.3, -0.25) is 4.90 Å². The van der Waals surface area contributed by atoms with E-state index in [-0.39, 0.29) is 5.41 Å². The summed E-state index contributed by atoms with van der Waals surface area (Å²) in [5.41, 5.74) is 7.52. The molecule has 3 nitrogen and oxygen atoms in total. The molecule has 3 heteroatoms. The number of nitrogens with two attached hydrogens (primary N) is 1. The average molecular weight is 276 g/mol. The lowest BCUT2D eigenvalue weighted by Gasteiger charge is -2.30. The molecule has 0 bridgehead atoms. The highest BCUT2D eigenvalue weighted by molar-refractivity contribution is 5.31. The van der Waals surface area contributed by atoms with E-state index in [0.29, 0.717) is 6.04 Å². The molecule has 2 rings (SSSR count). The smallest absolute Gasteiger partial charge is 0.119 e. The van der Waals surface area contributed by atoms with Crippen molar-refractivity contribution in [3.8, 4) is 5.75 Å². The molecular weight excluding hydrogens is 248 g/mol. The van der Waals surface area contributed by atoms with Crippen LogP contribution < -0.4 is 10.5 Å². The van der Waals surface area contributed by atoms with Crippen LogP contribution in [0.15, 0.2) is 24.3 Å². The van der Waals surface area contributed by atoms with Gasteiger partial charge in [-0.1, -0.05) is 32.9 Å². The molecule has 1 heterocycles. The predicted octanol–water partition coefficient (Wildman–Crippen LogP) is 2.79. The molecule has 1 atom stereocenters.